The van der Waals surface area contributed by atoms with Gasteiger partial charge in [0.2, 0.25) is 10.0 Å². The number of hydrogen-bond donors (Lipinski definition) is 1. The average molecular weight is 487 g/mol. The van der Waals surface area contributed by atoms with Gasteiger partial charge < -0.3 is 5.11 Å². The van der Waals surface area contributed by atoms with Crippen LogP contribution in [-0.2, 0) is 16.6 Å². The van der Waals surface area contributed by atoms with Crippen LogP contribution in [0.4, 0.5) is 22.7 Å². The van der Waals surface area contributed by atoms with Gasteiger partial charge in [0.05, 0.1) is 21.7 Å². The summed E-state index contributed by atoms with van der Waals surface area (Å²) in [5.74, 6) is -0.220. The van der Waals surface area contributed by atoms with Crippen molar-refractivity contribution in [2.75, 3.05) is 12.8 Å². The molecule has 34 heavy (non-hydrogen) atoms. The monoisotopic (exact) mass is 487 g/mol. The lowest BCUT2D eigenvalue weighted by Gasteiger charge is -2.16. The van der Waals surface area contributed by atoms with Crippen molar-refractivity contribution in [2.45, 2.75) is 20.4 Å². The number of phenolic OH excluding ortho intramolecular Hbond substituents is 1. The molecule has 0 heterocycles. The van der Waals surface area contributed by atoms with E-state index in [0.29, 0.717) is 16.3 Å². The molecule has 3 rings (SSSR count). The summed E-state index contributed by atoms with van der Waals surface area (Å²) in [6, 6.07) is 9.77. The van der Waals surface area contributed by atoms with Crippen LogP contribution < -0.4 is 0 Å². The maximum atomic E-state index is 12.0. The fourth-order valence-electron chi connectivity index (χ4n) is 3.32. The van der Waals surface area contributed by atoms with Crippen LogP contribution in [0.2, 0.25) is 0 Å². The predicted molar refractivity (Wildman–Crippen MR) is 125 cm³/mol. The molecule has 12 nitrogen and oxygen atoms in total. The standard InChI is InChI=1S/C21H21N5O7S/c1-4-34(32,33)24(3)12-14-5-7-17-15(10-14)9-13(2)20(21(17)27)23-22-18-8-6-16(25(28)29)11-19(18)26(30)31/h5-11,27H,4,12H2,1-3H3. The largest absolute Gasteiger partial charge is 0.505 e. The highest BCUT2D eigenvalue weighted by molar-refractivity contribution is 7.89. The van der Waals surface area contributed by atoms with Crippen LogP contribution in [0.3, 0.4) is 0 Å². The van der Waals surface area contributed by atoms with Gasteiger partial charge in [-0.3, -0.25) is 20.2 Å². The number of rotatable bonds is 8. The Morgan fingerprint density at radius 2 is 1.74 bits per heavy atom. The molecule has 0 saturated heterocycles. The number of aryl methyl sites for hydroxylation is 1. The van der Waals surface area contributed by atoms with Gasteiger partial charge in [-0.05, 0) is 48.6 Å². The third-order valence-corrected chi connectivity index (χ3v) is 7.02. The SMILES string of the molecule is CCS(=O)(=O)N(C)Cc1ccc2c(O)c(N=Nc3ccc([N+](=O)[O-])cc3[N+](=O)[O-])c(C)cc2c1. The lowest BCUT2D eigenvalue weighted by Crippen LogP contribution is -2.27. The van der Waals surface area contributed by atoms with Crippen molar-refractivity contribution in [1.82, 2.24) is 4.31 Å². The molecule has 178 valence electrons. The minimum atomic E-state index is -3.35. The van der Waals surface area contributed by atoms with Crippen LogP contribution in [0, 0.1) is 27.2 Å². The Bertz CT molecular complexity index is 1440. The van der Waals surface area contributed by atoms with Crippen molar-refractivity contribution in [3.8, 4) is 5.75 Å². The van der Waals surface area contributed by atoms with Gasteiger partial charge in [-0.25, -0.2) is 12.7 Å². The van der Waals surface area contributed by atoms with Gasteiger partial charge in [-0.1, -0.05) is 12.1 Å². The Balaban J connectivity index is 1.99. The molecule has 1 N–H and O–H groups in total. The van der Waals surface area contributed by atoms with Crippen molar-refractivity contribution in [2.24, 2.45) is 10.2 Å². The Kier molecular flexibility index (Phi) is 6.88. The number of phenols is 1. The zero-order valence-electron chi connectivity index (χ0n) is 18.5. The molecule has 0 spiro atoms. The van der Waals surface area contributed by atoms with E-state index in [-0.39, 0.29) is 29.4 Å². The summed E-state index contributed by atoms with van der Waals surface area (Å²) in [5, 5.41) is 41.8. The number of benzene rings is 3. The second kappa shape index (κ2) is 9.49. The van der Waals surface area contributed by atoms with Gasteiger partial charge in [0, 0.05) is 25.0 Å². The van der Waals surface area contributed by atoms with Gasteiger partial charge in [-0.2, -0.15) is 0 Å². The quantitative estimate of drug-likeness (QED) is 0.268. The second-order valence-corrected chi connectivity index (χ2v) is 9.85. The first kappa shape index (κ1) is 24.7. The van der Waals surface area contributed by atoms with Crippen LogP contribution in [0.1, 0.15) is 18.1 Å². The number of azo groups is 1. The summed E-state index contributed by atoms with van der Waals surface area (Å²) in [5.41, 5.74) is 0.0746. The zero-order chi connectivity index (χ0) is 25.2. The number of sulfonamides is 1. The van der Waals surface area contributed by atoms with Crippen molar-refractivity contribution < 1.29 is 23.4 Å². The van der Waals surface area contributed by atoms with E-state index in [1.54, 1.807) is 38.1 Å². The van der Waals surface area contributed by atoms with E-state index in [0.717, 1.165) is 23.8 Å². The number of nitrogens with zero attached hydrogens (tertiary/aromatic N) is 5. The van der Waals surface area contributed by atoms with Gasteiger partial charge >= 0.3 is 5.69 Å². The van der Waals surface area contributed by atoms with Gasteiger partial charge in [0.1, 0.15) is 5.69 Å². The highest BCUT2D eigenvalue weighted by Crippen LogP contribution is 2.40. The van der Waals surface area contributed by atoms with E-state index in [4.69, 9.17) is 0 Å². The van der Waals surface area contributed by atoms with Gasteiger partial charge in [0.15, 0.2) is 11.4 Å². The summed E-state index contributed by atoms with van der Waals surface area (Å²) in [6.45, 7) is 3.39. The van der Waals surface area contributed by atoms with Crippen LogP contribution in [0.15, 0.2) is 52.7 Å². The third-order valence-electron chi connectivity index (χ3n) is 5.21. The van der Waals surface area contributed by atoms with Gasteiger partial charge in [0.25, 0.3) is 5.69 Å². The molecule has 0 bridgehead atoms. The molecule has 0 aliphatic carbocycles. The molecular formula is C21H21N5O7S. The Morgan fingerprint density at radius 1 is 1.03 bits per heavy atom. The minimum Gasteiger partial charge on any atom is -0.505 e. The minimum absolute atomic E-state index is 0.0156. The molecular weight excluding hydrogens is 466 g/mol. The van der Waals surface area contributed by atoms with Crippen LogP contribution in [-0.4, -0.2) is 40.5 Å². The first-order chi connectivity index (χ1) is 15.9. The average Bonchev–Trinajstić information content (AvgIpc) is 2.78. The van der Waals surface area contributed by atoms with E-state index in [1.807, 2.05) is 0 Å². The normalized spacial score (nSPS) is 12.0. The summed E-state index contributed by atoms with van der Waals surface area (Å²) in [4.78, 5) is 20.6. The molecule has 13 heteroatoms. The number of non-ortho nitro benzene ring substituents is 1. The Morgan fingerprint density at radius 3 is 2.35 bits per heavy atom. The molecule has 0 fully saturated rings. The smallest absolute Gasteiger partial charge is 0.303 e. The molecule has 0 unspecified atom stereocenters. The van der Waals surface area contributed by atoms with Crippen molar-refractivity contribution in [3.05, 3.63) is 73.8 Å². The van der Waals surface area contributed by atoms with Gasteiger partial charge in [-0.15, -0.1) is 10.2 Å². The number of aromatic hydroxyl groups is 1. The summed E-state index contributed by atoms with van der Waals surface area (Å²) in [6.07, 6.45) is 0. The lowest BCUT2D eigenvalue weighted by molar-refractivity contribution is -0.393. The van der Waals surface area contributed by atoms with E-state index < -0.39 is 31.2 Å². The Labute approximate surface area is 194 Å². The second-order valence-electron chi connectivity index (χ2n) is 7.49. The summed E-state index contributed by atoms with van der Waals surface area (Å²) < 4.78 is 25.3. The fourth-order valence-corrected chi connectivity index (χ4v) is 4.11. The molecule has 0 radical (unpaired) electrons. The number of hydrogen-bond acceptors (Lipinski definition) is 9. The lowest BCUT2D eigenvalue weighted by atomic mass is 10.0. The van der Waals surface area contributed by atoms with Crippen molar-refractivity contribution >= 4 is 43.5 Å². The molecule has 0 atom stereocenters. The molecule has 3 aromatic carbocycles. The first-order valence-corrected chi connectivity index (χ1v) is 11.6. The number of nitro benzene ring substituents is 2. The number of fused-ring (bicyclic) bond motifs is 1. The predicted octanol–water partition coefficient (Wildman–Crippen LogP) is 4.87. The van der Waals surface area contributed by atoms with Crippen LogP contribution in [0.5, 0.6) is 5.75 Å². The highest BCUT2D eigenvalue weighted by atomic mass is 32.2. The van der Waals surface area contributed by atoms with Crippen molar-refractivity contribution in [3.63, 3.8) is 0 Å². The van der Waals surface area contributed by atoms with Crippen LogP contribution in [0.25, 0.3) is 10.8 Å². The molecule has 3 aromatic rings. The first-order valence-electron chi connectivity index (χ1n) is 9.98. The highest BCUT2D eigenvalue weighted by Gasteiger charge is 2.20. The Hall–Kier alpha value is -3.97. The molecule has 0 aliphatic rings. The summed E-state index contributed by atoms with van der Waals surface area (Å²) in [7, 11) is -1.86. The topological polar surface area (TPSA) is 169 Å². The maximum Gasteiger partial charge on any atom is 0.303 e. The van der Waals surface area contributed by atoms with Crippen molar-refractivity contribution in [1.29, 1.82) is 0 Å². The van der Waals surface area contributed by atoms with E-state index in [9.17, 15) is 33.8 Å². The van der Waals surface area contributed by atoms with E-state index in [1.165, 1.54) is 11.4 Å². The maximum absolute atomic E-state index is 12.0. The van der Waals surface area contributed by atoms with Crippen LogP contribution >= 0.6 is 0 Å². The number of nitro groups is 2. The van der Waals surface area contributed by atoms with E-state index >= 15 is 0 Å². The van der Waals surface area contributed by atoms with E-state index in [2.05, 4.69) is 10.2 Å². The molecule has 0 aromatic heterocycles. The fraction of sp³-hybridized carbons (Fsp3) is 0.238. The molecule has 0 amide bonds. The third kappa shape index (κ3) is 5.00. The molecule has 0 aliphatic heterocycles. The zero-order valence-corrected chi connectivity index (χ0v) is 19.3. The summed E-state index contributed by atoms with van der Waals surface area (Å²) >= 11 is 0. The molecule has 0 saturated carbocycles.